The van der Waals surface area contributed by atoms with Gasteiger partial charge >= 0.3 is 0 Å². The minimum atomic E-state index is 0.382. The Morgan fingerprint density at radius 3 is 1.85 bits per heavy atom. The van der Waals surface area contributed by atoms with Gasteiger partial charge < -0.3 is 0 Å². The van der Waals surface area contributed by atoms with Crippen molar-refractivity contribution in [3.63, 3.8) is 0 Å². The fraction of sp³-hybridized carbons (Fsp3) is 0.238. The quantitative estimate of drug-likeness (QED) is 0.199. The van der Waals surface area contributed by atoms with Gasteiger partial charge in [-0.05, 0) is 101 Å². The highest BCUT2D eigenvalue weighted by Crippen LogP contribution is 2.60. The fourth-order valence-corrected chi connectivity index (χ4v) is 9.28. The van der Waals surface area contributed by atoms with Crippen LogP contribution in [-0.2, 0) is 5.41 Å². The van der Waals surface area contributed by atoms with E-state index >= 15 is 0 Å². The molecule has 0 N–H and O–H groups in total. The molecule has 0 aliphatic heterocycles. The third-order valence-electron chi connectivity index (χ3n) is 10.9. The van der Waals surface area contributed by atoms with Gasteiger partial charge in [0.1, 0.15) is 0 Å². The van der Waals surface area contributed by atoms with Crippen molar-refractivity contribution in [1.29, 1.82) is 5.26 Å². The van der Waals surface area contributed by atoms with E-state index in [4.69, 9.17) is 15.0 Å². The SMILES string of the molecule is N#Cc1ccc2c(-c3nc(-c4ccccc4)nc(-c4ccccc4-c4ccc(C56C[C@H]7C[C@@H](C5)C[C@@H](C6)C7)cc4)n3)cccc2c1. The van der Waals surface area contributed by atoms with Gasteiger partial charge in [0.15, 0.2) is 17.5 Å². The summed E-state index contributed by atoms with van der Waals surface area (Å²) in [6.45, 7) is 0. The van der Waals surface area contributed by atoms with E-state index in [9.17, 15) is 5.26 Å². The molecule has 4 nitrogen and oxygen atoms in total. The molecule has 5 aromatic carbocycles. The Morgan fingerprint density at radius 2 is 1.15 bits per heavy atom. The van der Waals surface area contributed by atoms with Crippen LogP contribution in [0.3, 0.4) is 0 Å². The summed E-state index contributed by atoms with van der Waals surface area (Å²) < 4.78 is 0. The average molecular weight is 595 g/mol. The van der Waals surface area contributed by atoms with Crippen molar-refractivity contribution in [3.05, 3.63) is 126 Å². The zero-order chi connectivity index (χ0) is 30.7. The summed E-state index contributed by atoms with van der Waals surface area (Å²) in [6, 6.07) is 42.2. The van der Waals surface area contributed by atoms with Gasteiger partial charge in [-0.15, -0.1) is 0 Å². The Kier molecular flexibility index (Phi) is 6.35. The molecule has 4 aliphatic rings. The van der Waals surface area contributed by atoms with Crippen molar-refractivity contribution in [2.75, 3.05) is 0 Å². The number of hydrogen-bond donors (Lipinski definition) is 0. The molecule has 222 valence electrons. The van der Waals surface area contributed by atoms with E-state index in [-0.39, 0.29) is 0 Å². The number of hydrogen-bond acceptors (Lipinski definition) is 4. The highest BCUT2D eigenvalue weighted by atomic mass is 15.0. The number of fused-ring (bicyclic) bond motifs is 1. The molecule has 0 saturated heterocycles. The molecule has 0 radical (unpaired) electrons. The molecule has 0 atom stereocenters. The van der Waals surface area contributed by atoms with Crippen molar-refractivity contribution in [2.24, 2.45) is 17.8 Å². The van der Waals surface area contributed by atoms with Crippen LogP contribution in [0.25, 0.3) is 56.1 Å². The second-order valence-electron chi connectivity index (χ2n) is 13.8. The second kappa shape index (κ2) is 10.7. The monoisotopic (exact) mass is 594 g/mol. The van der Waals surface area contributed by atoms with Crippen LogP contribution < -0.4 is 0 Å². The first-order valence-electron chi connectivity index (χ1n) is 16.6. The Labute approximate surface area is 269 Å². The van der Waals surface area contributed by atoms with E-state index in [0.29, 0.717) is 28.5 Å². The Morgan fingerprint density at radius 1 is 0.543 bits per heavy atom. The van der Waals surface area contributed by atoms with Gasteiger partial charge in [-0.3, -0.25) is 0 Å². The standard InChI is InChI=1S/C42H34N4/c43-26-27-13-18-36-33(22-27)9-6-12-38(36)41-45-39(32-7-2-1-3-8-32)44-40(46-41)37-11-5-4-10-35(37)31-14-16-34(17-15-31)42-23-28-19-29(24-42)21-30(20-28)25-42/h1-18,22,28-30H,19-21,23-25H2/t28-,29+,30-,42?. The van der Waals surface area contributed by atoms with Crippen LogP contribution >= 0.6 is 0 Å². The normalized spacial score (nSPS) is 23.0. The maximum absolute atomic E-state index is 9.48. The van der Waals surface area contributed by atoms with Gasteiger partial charge in [-0.25, -0.2) is 15.0 Å². The summed E-state index contributed by atoms with van der Waals surface area (Å²) in [4.78, 5) is 15.2. The minimum Gasteiger partial charge on any atom is -0.208 e. The smallest absolute Gasteiger partial charge is 0.164 e. The molecule has 10 rings (SSSR count). The van der Waals surface area contributed by atoms with Crippen LogP contribution in [0.4, 0.5) is 0 Å². The molecular formula is C42H34N4. The van der Waals surface area contributed by atoms with Crippen molar-refractivity contribution in [1.82, 2.24) is 15.0 Å². The summed E-state index contributed by atoms with van der Waals surface area (Å²) in [5, 5.41) is 11.5. The molecule has 0 amide bonds. The van der Waals surface area contributed by atoms with E-state index in [2.05, 4.69) is 60.7 Å². The van der Waals surface area contributed by atoms with Crippen LogP contribution in [-0.4, -0.2) is 15.0 Å². The lowest BCUT2D eigenvalue weighted by atomic mass is 9.48. The maximum atomic E-state index is 9.48. The van der Waals surface area contributed by atoms with Gasteiger partial charge in [0, 0.05) is 16.7 Å². The topological polar surface area (TPSA) is 62.5 Å². The number of aromatic nitrogens is 3. The zero-order valence-corrected chi connectivity index (χ0v) is 25.7. The molecule has 4 aliphatic carbocycles. The van der Waals surface area contributed by atoms with Crippen LogP contribution in [0.1, 0.15) is 49.7 Å². The maximum Gasteiger partial charge on any atom is 0.164 e. The van der Waals surface area contributed by atoms with E-state index in [0.717, 1.165) is 50.8 Å². The molecule has 6 aromatic rings. The molecule has 4 bridgehead atoms. The molecule has 4 heteroatoms. The lowest BCUT2D eigenvalue weighted by molar-refractivity contribution is -0.00518. The van der Waals surface area contributed by atoms with E-state index in [1.807, 2.05) is 60.7 Å². The third kappa shape index (κ3) is 4.62. The molecular weight excluding hydrogens is 560 g/mol. The summed E-state index contributed by atoms with van der Waals surface area (Å²) in [6.07, 6.45) is 8.50. The van der Waals surface area contributed by atoms with E-state index in [1.165, 1.54) is 49.7 Å². The largest absolute Gasteiger partial charge is 0.208 e. The van der Waals surface area contributed by atoms with Gasteiger partial charge in [-0.2, -0.15) is 5.26 Å². The van der Waals surface area contributed by atoms with Gasteiger partial charge in [0.05, 0.1) is 11.6 Å². The lowest BCUT2D eigenvalue weighted by Gasteiger charge is -2.57. The van der Waals surface area contributed by atoms with E-state index in [1.54, 1.807) is 0 Å². The molecule has 46 heavy (non-hydrogen) atoms. The molecule has 0 unspecified atom stereocenters. The van der Waals surface area contributed by atoms with Crippen molar-refractivity contribution in [2.45, 2.75) is 43.9 Å². The Bertz CT molecular complexity index is 2110. The van der Waals surface area contributed by atoms with Crippen LogP contribution in [0.5, 0.6) is 0 Å². The first kappa shape index (κ1) is 27.2. The highest BCUT2D eigenvalue weighted by Gasteiger charge is 2.51. The van der Waals surface area contributed by atoms with Gasteiger partial charge in [-0.1, -0.05) is 103 Å². The second-order valence-corrected chi connectivity index (χ2v) is 13.8. The third-order valence-corrected chi connectivity index (χ3v) is 10.9. The van der Waals surface area contributed by atoms with Crippen molar-refractivity contribution >= 4 is 10.8 Å². The molecule has 1 heterocycles. The summed E-state index contributed by atoms with van der Waals surface area (Å²) in [5.74, 6) is 4.69. The van der Waals surface area contributed by atoms with E-state index < -0.39 is 0 Å². The Balaban J connectivity index is 1.15. The lowest BCUT2D eigenvalue weighted by Crippen LogP contribution is -2.48. The van der Waals surface area contributed by atoms with Crippen LogP contribution in [0, 0.1) is 29.1 Å². The molecule has 0 spiro atoms. The first-order chi connectivity index (χ1) is 22.6. The molecule has 1 aromatic heterocycles. The average Bonchev–Trinajstić information content (AvgIpc) is 3.11. The van der Waals surface area contributed by atoms with Gasteiger partial charge in [0.2, 0.25) is 0 Å². The number of nitriles is 1. The summed E-state index contributed by atoms with van der Waals surface area (Å²) in [5.41, 5.74) is 7.70. The first-order valence-corrected chi connectivity index (χ1v) is 16.6. The molecule has 4 fully saturated rings. The van der Waals surface area contributed by atoms with Crippen LogP contribution in [0.2, 0.25) is 0 Å². The Hall–Kier alpha value is -5.14. The van der Waals surface area contributed by atoms with Crippen molar-refractivity contribution in [3.8, 4) is 51.4 Å². The summed E-state index contributed by atoms with van der Waals surface area (Å²) in [7, 11) is 0. The predicted molar refractivity (Wildman–Crippen MR) is 184 cm³/mol. The van der Waals surface area contributed by atoms with Crippen LogP contribution in [0.15, 0.2) is 115 Å². The van der Waals surface area contributed by atoms with Gasteiger partial charge in [0.25, 0.3) is 0 Å². The fourth-order valence-electron chi connectivity index (χ4n) is 9.28. The number of rotatable bonds is 5. The minimum absolute atomic E-state index is 0.382. The number of benzene rings is 5. The van der Waals surface area contributed by atoms with Crippen molar-refractivity contribution < 1.29 is 0 Å². The zero-order valence-electron chi connectivity index (χ0n) is 25.7. The summed E-state index contributed by atoms with van der Waals surface area (Å²) >= 11 is 0. The molecule has 4 saturated carbocycles. The predicted octanol–water partition coefficient (Wildman–Crippen LogP) is 10.0. The number of nitrogens with zero attached hydrogens (tertiary/aromatic N) is 4. The highest BCUT2D eigenvalue weighted by molar-refractivity contribution is 5.96.